The number of morpholine rings is 1. The van der Waals surface area contributed by atoms with Gasteiger partial charge in [0.15, 0.2) is 0 Å². The molecule has 0 spiro atoms. The first kappa shape index (κ1) is 25.2. The number of hydrogen-bond acceptors (Lipinski definition) is 4. The molecule has 0 radical (unpaired) electrons. The number of ether oxygens (including phenoxy) is 1. The van der Waals surface area contributed by atoms with E-state index in [1.165, 1.54) is 11.1 Å². The Balaban J connectivity index is 0.00000196. The van der Waals surface area contributed by atoms with Crippen LogP contribution >= 0.6 is 24.8 Å². The molecule has 1 heterocycles. The molecule has 2 aliphatic rings. The number of halogens is 2. The molecule has 1 amide bonds. The number of nitrogens with zero attached hydrogens (tertiary/aromatic N) is 1. The average Bonchev–Trinajstić information content (AvgIpc) is 2.62. The van der Waals surface area contributed by atoms with E-state index >= 15 is 0 Å². The summed E-state index contributed by atoms with van der Waals surface area (Å²) >= 11 is 0. The topological polar surface area (TPSA) is 67.6 Å². The molecule has 5 nitrogen and oxygen atoms in total. The molecule has 2 fully saturated rings. The van der Waals surface area contributed by atoms with Crippen molar-refractivity contribution in [2.24, 2.45) is 11.7 Å². The summed E-state index contributed by atoms with van der Waals surface area (Å²) in [5.41, 5.74) is 8.53. The van der Waals surface area contributed by atoms with Crippen molar-refractivity contribution in [3.8, 4) is 0 Å². The maximum Gasteiger partial charge on any atom is 0.225 e. The molecule has 3 atom stereocenters. The van der Waals surface area contributed by atoms with Gasteiger partial charge in [-0.15, -0.1) is 24.8 Å². The molecule has 1 saturated heterocycles. The molecule has 1 aliphatic carbocycles. The van der Waals surface area contributed by atoms with Gasteiger partial charge in [0, 0.05) is 25.2 Å². The lowest BCUT2D eigenvalue weighted by atomic mass is 9.74. The quantitative estimate of drug-likeness (QED) is 0.750. The van der Waals surface area contributed by atoms with Crippen LogP contribution in [0.3, 0.4) is 0 Å². The first-order valence-electron chi connectivity index (χ1n) is 9.92. The van der Waals surface area contributed by atoms with Crippen LogP contribution in [0.15, 0.2) is 24.3 Å². The first-order valence-corrected chi connectivity index (χ1v) is 9.92. The highest BCUT2D eigenvalue weighted by atomic mass is 35.5. The van der Waals surface area contributed by atoms with E-state index in [-0.39, 0.29) is 48.2 Å². The number of carbonyl (C=O) groups is 1. The Morgan fingerprint density at radius 3 is 2.68 bits per heavy atom. The lowest BCUT2D eigenvalue weighted by Gasteiger charge is -2.38. The van der Waals surface area contributed by atoms with Crippen molar-refractivity contribution >= 4 is 30.7 Å². The Labute approximate surface area is 181 Å². The molecule has 0 aromatic heterocycles. The minimum absolute atomic E-state index is 0. The molecular formula is C21H35Cl2N3O2. The van der Waals surface area contributed by atoms with Crippen molar-refractivity contribution in [2.75, 3.05) is 32.8 Å². The number of rotatable bonds is 5. The van der Waals surface area contributed by atoms with Crippen molar-refractivity contribution in [3.63, 3.8) is 0 Å². The second-order valence-electron chi connectivity index (χ2n) is 8.13. The van der Waals surface area contributed by atoms with Gasteiger partial charge in [0.05, 0.1) is 25.2 Å². The third-order valence-electron chi connectivity index (χ3n) is 5.95. The predicted octanol–water partition coefficient (Wildman–Crippen LogP) is 3.24. The Kier molecular flexibility index (Phi) is 10.2. The second-order valence-corrected chi connectivity index (χ2v) is 8.13. The molecule has 3 rings (SSSR count). The molecule has 1 aromatic carbocycles. The van der Waals surface area contributed by atoms with E-state index in [2.05, 4.69) is 41.4 Å². The molecule has 1 aromatic rings. The molecule has 28 heavy (non-hydrogen) atoms. The zero-order chi connectivity index (χ0) is 18.6. The van der Waals surface area contributed by atoms with E-state index in [1.807, 2.05) is 6.92 Å². The number of aryl methyl sites for hydroxylation is 1. The highest BCUT2D eigenvalue weighted by Crippen LogP contribution is 2.32. The zero-order valence-corrected chi connectivity index (χ0v) is 18.6. The van der Waals surface area contributed by atoms with Crippen molar-refractivity contribution < 1.29 is 9.53 Å². The highest BCUT2D eigenvalue weighted by molar-refractivity contribution is 5.85. The van der Waals surface area contributed by atoms with Gasteiger partial charge in [-0.05, 0) is 32.3 Å². The van der Waals surface area contributed by atoms with Gasteiger partial charge in [-0.25, -0.2) is 0 Å². The third kappa shape index (κ3) is 6.33. The lowest BCUT2D eigenvalue weighted by Crippen LogP contribution is -2.54. The monoisotopic (exact) mass is 431 g/mol. The predicted molar refractivity (Wildman–Crippen MR) is 118 cm³/mol. The zero-order valence-electron chi connectivity index (χ0n) is 17.0. The maximum absolute atomic E-state index is 12.9. The van der Waals surface area contributed by atoms with Crippen LogP contribution in [0.25, 0.3) is 0 Å². The number of benzene rings is 1. The Hall–Kier alpha value is -0.850. The van der Waals surface area contributed by atoms with Gasteiger partial charge in [0.25, 0.3) is 0 Å². The minimum atomic E-state index is -0.389. The Bertz CT molecular complexity index is 621. The average molecular weight is 432 g/mol. The summed E-state index contributed by atoms with van der Waals surface area (Å²) in [5, 5.41) is 3.22. The molecule has 160 valence electrons. The lowest BCUT2D eigenvalue weighted by molar-refractivity contribution is -0.128. The first-order chi connectivity index (χ1) is 12.5. The Morgan fingerprint density at radius 1 is 1.32 bits per heavy atom. The fourth-order valence-electron chi connectivity index (χ4n) is 4.33. The maximum atomic E-state index is 12.9. The number of carbonyl (C=O) groups excluding carboxylic acids is 1. The van der Waals surface area contributed by atoms with E-state index in [0.29, 0.717) is 6.54 Å². The fourth-order valence-corrected chi connectivity index (χ4v) is 4.33. The smallest absolute Gasteiger partial charge is 0.225 e. The van der Waals surface area contributed by atoms with E-state index in [0.717, 1.165) is 52.0 Å². The largest absolute Gasteiger partial charge is 0.379 e. The summed E-state index contributed by atoms with van der Waals surface area (Å²) in [6.45, 7) is 8.05. The van der Waals surface area contributed by atoms with Crippen LogP contribution < -0.4 is 11.1 Å². The summed E-state index contributed by atoms with van der Waals surface area (Å²) in [7, 11) is 0. The number of nitrogens with one attached hydrogen (secondary N) is 1. The van der Waals surface area contributed by atoms with Gasteiger partial charge < -0.3 is 15.8 Å². The van der Waals surface area contributed by atoms with Gasteiger partial charge in [-0.2, -0.15) is 0 Å². The molecule has 3 N–H and O–H groups in total. The van der Waals surface area contributed by atoms with Crippen molar-refractivity contribution in [3.05, 3.63) is 35.4 Å². The molecule has 7 heteroatoms. The van der Waals surface area contributed by atoms with Gasteiger partial charge in [0.2, 0.25) is 5.91 Å². The molecule has 1 saturated carbocycles. The van der Waals surface area contributed by atoms with E-state index in [1.54, 1.807) is 0 Å². The summed E-state index contributed by atoms with van der Waals surface area (Å²) in [6.07, 6.45) is 4.04. The van der Waals surface area contributed by atoms with Gasteiger partial charge in [-0.3, -0.25) is 9.69 Å². The van der Waals surface area contributed by atoms with Gasteiger partial charge >= 0.3 is 0 Å². The van der Waals surface area contributed by atoms with Crippen LogP contribution in [-0.4, -0.2) is 49.2 Å². The SMILES string of the molecule is Cc1cccc(C(CNC(=O)C2CCCCC2(C)N)N2CCOCC2)c1.Cl.Cl. The molecule has 0 bridgehead atoms. The van der Waals surface area contributed by atoms with Gasteiger partial charge in [0.1, 0.15) is 0 Å². The standard InChI is InChI=1S/C21H33N3O2.2ClH/c1-16-6-5-7-17(14-16)19(24-10-12-26-13-11-24)15-23-20(25)18-8-3-4-9-21(18,2)22;;/h5-7,14,18-19H,3-4,8-13,15,22H2,1-2H3,(H,23,25);2*1H. The van der Waals surface area contributed by atoms with Crippen LogP contribution in [0.5, 0.6) is 0 Å². The fraction of sp³-hybridized carbons (Fsp3) is 0.667. The van der Waals surface area contributed by atoms with Crippen LogP contribution in [0, 0.1) is 12.8 Å². The Morgan fingerprint density at radius 2 is 2.04 bits per heavy atom. The van der Waals surface area contributed by atoms with Crippen LogP contribution in [0.2, 0.25) is 0 Å². The van der Waals surface area contributed by atoms with Crippen molar-refractivity contribution in [1.82, 2.24) is 10.2 Å². The summed E-state index contributed by atoms with van der Waals surface area (Å²) in [6, 6.07) is 8.76. The second kappa shape index (κ2) is 11.4. The van der Waals surface area contributed by atoms with E-state index < -0.39 is 0 Å². The minimum Gasteiger partial charge on any atom is -0.379 e. The summed E-state index contributed by atoms with van der Waals surface area (Å²) in [4.78, 5) is 15.3. The third-order valence-corrected chi connectivity index (χ3v) is 5.95. The normalized spacial score (nSPS) is 26.5. The number of amides is 1. The van der Waals surface area contributed by atoms with Gasteiger partial charge in [-0.1, -0.05) is 42.7 Å². The molecule has 3 unspecified atom stereocenters. The van der Waals surface area contributed by atoms with E-state index in [9.17, 15) is 4.79 Å². The number of nitrogens with two attached hydrogens (primary N) is 1. The van der Waals surface area contributed by atoms with Crippen LogP contribution in [0.1, 0.15) is 49.8 Å². The van der Waals surface area contributed by atoms with Crippen molar-refractivity contribution in [1.29, 1.82) is 0 Å². The molecular weight excluding hydrogens is 397 g/mol. The van der Waals surface area contributed by atoms with Crippen LogP contribution in [0.4, 0.5) is 0 Å². The van der Waals surface area contributed by atoms with Crippen molar-refractivity contribution in [2.45, 2.75) is 51.1 Å². The summed E-state index contributed by atoms with van der Waals surface area (Å²) in [5.74, 6) is 0.0275. The van der Waals surface area contributed by atoms with E-state index in [4.69, 9.17) is 10.5 Å². The molecule has 1 aliphatic heterocycles. The highest BCUT2D eigenvalue weighted by Gasteiger charge is 2.38. The number of hydrogen-bond donors (Lipinski definition) is 2. The van der Waals surface area contributed by atoms with Crippen LogP contribution in [-0.2, 0) is 9.53 Å². The summed E-state index contributed by atoms with van der Waals surface area (Å²) < 4.78 is 5.51.